The number of nitrogens with zero attached hydrogens (tertiary/aromatic N) is 2. The summed E-state index contributed by atoms with van der Waals surface area (Å²) in [5.41, 5.74) is 3.42. The van der Waals surface area contributed by atoms with Crippen molar-refractivity contribution >= 4 is 15.9 Å². The predicted octanol–water partition coefficient (Wildman–Crippen LogP) is 3.60. The molecule has 0 radical (unpaired) electrons. The highest BCUT2D eigenvalue weighted by Gasteiger charge is 2.57. The van der Waals surface area contributed by atoms with Gasteiger partial charge in [0.05, 0.1) is 11.5 Å². The first-order valence-corrected chi connectivity index (χ1v) is 15.3. The standard InChI is InChI=1S/C30H41N3O4S/c1-5-37-17-16-32-15-14-21-8-6-7-9-24(21)28(32)29(34)31-18-25-26-19-33(20-27(25)26)38(35,36)23-12-10-22(11-13-23)30(2,3)4/h6-13,25-28H,5,14-20H2,1-4H3,(H,31,34). The fourth-order valence-corrected chi connectivity index (χ4v) is 7.71. The van der Waals surface area contributed by atoms with E-state index in [0.29, 0.717) is 55.5 Å². The monoisotopic (exact) mass is 539 g/mol. The fraction of sp³-hybridized carbons (Fsp3) is 0.567. The van der Waals surface area contributed by atoms with E-state index in [4.69, 9.17) is 4.74 Å². The molecule has 7 nitrogen and oxygen atoms in total. The number of piperidine rings is 1. The molecule has 3 aliphatic rings. The summed E-state index contributed by atoms with van der Waals surface area (Å²) >= 11 is 0. The maximum Gasteiger partial charge on any atom is 0.243 e. The van der Waals surface area contributed by atoms with Crippen molar-refractivity contribution < 1.29 is 17.9 Å². The second-order valence-corrected chi connectivity index (χ2v) is 13.9. The van der Waals surface area contributed by atoms with Crippen molar-refractivity contribution in [3.63, 3.8) is 0 Å². The van der Waals surface area contributed by atoms with Crippen LogP contribution in [0.2, 0.25) is 0 Å². The van der Waals surface area contributed by atoms with Crippen molar-refractivity contribution in [2.75, 3.05) is 45.9 Å². The molecule has 1 saturated carbocycles. The van der Waals surface area contributed by atoms with Crippen LogP contribution in [0.1, 0.15) is 50.4 Å². The molecule has 2 aromatic rings. The molecule has 3 unspecified atom stereocenters. The second kappa shape index (κ2) is 10.7. The lowest BCUT2D eigenvalue weighted by molar-refractivity contribution is -0.127. The second-order valence-electron chi connectivity index (χ2n) is 11.9. The minimum Gasteiger partial charge on any atom is -0.380 e. The van der Waals surface area contributed by atoms with Crippen LogP contribution in [-0.2, 0) is 31.4 Å². The highest BCUT2D eigenvalue weighted by molar-refractivity contribution is 7.89. The average molecular weight is 540 g/mol. The van der Waals surface area contributed by atoms with Crippen LogP contribution in [0.15, 0.2) is 53.4 Å². The van der Waals surface area contributed by atoms with Crippen LogP contribution >= 0.6 is 0 Å². The largest absolute Gasteiger partial charge is 0.380 e. The van der Waals surface area contributed by atoms with Crippen LogP contribution in [0, 0.1) is 17.8 Å². The summed E-state index contributed by atoms with van der Waals surface area (Å²) in [6.45, 7) is 12.8. The lowest BCUT2D eigenvalue weighted by Crippen LogP contribution is -2.46. The summed E-state index contributed by atoms with van der Waals surface area (Å²) in [5, 5.41) is 3.22. The van der Waals surface area contributed by atoms with Crippen LogP contribution in [0.5, 0.6) is 0 Å². The Morgan fingerprint density at radius 1 is 1.05 bits per heavy atom. The van der Waals surface area contributed by atoms with Crippen LogP contribution in [0.4, 0.5) is 0 Å². The van der Waals surface area contributed by atoms with Crippen molar-refractivity contribution in [3.05, 3.63) is 65.2 Å². The first kappa shape index (κ1) is 27.3. The van der Waals surface area contributed by atoms with Crippen molar-refractivity contribution in [1.29, 1.82) is 0 Å². The third kappa shape index (κ3) is 5.41. The number of ether oxygens (including phenoxy) is 1. The first-order valence-electron chi connectivity index (χ1n) is 13.9. The van der Waals surface area contributed by atoms with Gasteiger partial charge in [-0.2, -0.15) is 4.31 Å². The highest BCUT2D eigenvalue weighted by Crippen LogP contribution is 2.52. The Hall–Kier alpha value is -2.26. The van der Waals surface area contributed by atoms with Gasteiger partial charge in [-0.25, -0.2) is 8.42 Å². The number of benzene rings is 2. The first-order chi connectivity index (χ1) is 18.1. The summed E-state index contributed by atoms with van der Waals surface area (Å²) in [7, 11) is -3.50. The molecule has 1 aliphatic carbocycles. The van der Waals surface area contributed by atoms with Gasteiger partial charge in [-0.05, 0) is 65.3 Å². The summed E-state index contributed by atoms with van der Waals surface area (Å²) < 4.78 is 33.7. The van der Waals surface area contributed by atoms with Gasteiger partial charge in [0.1, 0.15) is 6.04 Å². The van der Waals surface area contributed by atoms with Crippen LogP contribution in [0.25, 0.3) is 0 Å². The molecule has 0 spiro atoms. The SMILES string of the molecule is CCOCCN1CCc2ccccc2C1C(=O)NCC1C2CN(S(=O)(=O)c3ccc(C(C)(C)C)cc3)CC12. The smallest absolute Gasteiger partial charge is 0.243 e. The Kier molecular flexibility index (Phi) is 7.70. The van der Waals surface area contributed by atoms with E-state index in [1.165, 1.54) is 5.56 Å². The Balaban J connectivity index is 1.18. The molecule has 2 aliphatic heterocycles. The van der Waals surface area contributed by atoms with E-state index in [1.807, 2.05) is 31.2 Å². The van der Waals surface area contributed by atoms with E-state index < -0.39 is 10.0 Å². The normalized spacial score (nSPS) is 25.6. The molecule has 1 amide bonds. The number of sulfonamides is 1. The molecule has 2 aromatic carbocycles. The molecule has 206 valence electrons. The minimum atomic E-state index is -3.50. The molecule has 3 atom stereocenters. The Bertz CT molecular complexity index is 1240. The number of carbonyl (C=O) groups is 1. The predicted molar refractivity (Wildman–Crippen MR) is 148 cm³/mol. The lowest BCUT2D eigenvalue weighted by atomic mass is 9.87. The number of hydrogen-bond acceptors (Lipinski definition) is 5. The molecule has 2 fully saturated rings. The number of nitrogens with one attached hydrogen (secondary N) is 1. The number of fused-ring (bicyclic) bond motifs is 2. The van der Waals surface area contributed by atoms with Gasteiger partial charge in [0.25, 0.3) is 0 Å². The molecule has 8 heteroatoms. The molecular weight excluding hydrogens is 498 g/mol. The lowest BCUT2D eigenvalue weighted by Gasteiger charge is -2.36. The average Bonchev–Trinajstić information content (AvgIpc) is 3.33. The Morgan fingerprint density at radius 2 is 1.74 bits per heavy atom. The molecule has 0 bridgehead atoms. The number of amides is 1. The third-order valence-electron chi connectivity index (χ3n) is 8.57. The molecule has 0 aromatic heterocycles. The third-order valence-corrected chi connectivity index (χ3v) is 10.4. The molecule has 1 saturated heterocycles. The molecule has 38 heavy (non-hydrogen) atoms. The van der Waals surface area contributed by atoms with Crippen molar-refractivity contribution in [1.82, 2.24) is 14.5 Å². The summed E-state index contributed by atoms with van der Waals surface area (Å²) in [4.78, 5) is 16.0. The van der Waals surface area contributed by atoms with Gasteiger partial charge >= 0.3 is 0 Å². The topological polar surface area (TPSA) is 79.0 Å². The minimum absolute atomic E-state index is 0.0186. The van der Waals surface area contributed by atoms with Crippen LogP contribution in [0.3, 0.4) is 0 Å². The van der Waals surface area contributed by atoms with E-state index in [-0.39, 0.29) is 17.4 Å². The van der Waals surface area contributed by atoms with Gasteiger partial charge in [0.15, 0.2) is 0 Å². The number of rotatable bonds is 9. The molecule has 2 heterocycles. The quantitative estimate of drug-likeness (QED) is 0.493. The van der Waals surface area contributed by atoms with E-state index in [0.717, 1.165) is 30.6 Å². The van der Waals surface area contributed by atoms with E-state index >= 15 is 0 Å². The van der Waals surface area contributed by atoms with E-state index in [9.17, 15) is 13.2 Å². The van der Waals surface area contributed by atoms with Crippen LogP contribution < -0.4 is 5.32 Å². The maximum absolute atomic E-state index is 13.5. The molecule has 1 N–H and O–H groups in total. The number of carbonyl (C=O) groups excluding carboxylic acids is 1. The highest BCUT2D eigenvalue weighted by atomic mass is 32.2. The van der Waals surface area contributed by atoms with Gasteiger partial charge < -0.3 is 10.1 Å². The fourth-order valence-electron chi connectivity index (χ4n) is 6.19. The zero-order valence-electron chi connectivity index (χ0n) is 23.0. The van der Waals surface area contributed by atoms with Gasteiger partial charge in [-0.1, -0.05) is 57.2 Å². The van der Waals surface area contributed by atoms with Gasteiger partial charge in [0.2, 0.25) is 15.9 Å². The van der Waals surface area contributed by atoms with E-state index in [2.05, 4.69) is 43.1 Å². The Morgan fingerprint density at radius 3 is 2.39 bits per heavy atom. The van der Waals surface area contributed by atoms with Gasteiger partial charge in [-0.3, -0.25) is 9.69 Å². The zero-order chi connectivity index (χ0) is 27.1. The van der Waals surface area contributed by atoms with Crippen molar-refractivity contribution in [2.24, 2.45) is 17.8 Å². The summed E-state index contributed by atoms with van der Waals surface area (Å²) in [6.07, 6.45) is 0.933. The van der Waals surface area contributed by atoms with Crippen molar-refractivity contribution in [3.8, 4) is 0 Å². The Labute approximate surface area is 227 Å². The zero-order valence-corrected chi connectivity index (χ0v) is 23.8. The van der Waals surface area contributed by atoms with Crippen LogP contribution in [-0.4, -0.2) is 69.5 Å². The summed E-state index contributed by atoms with van der Waals surface area (Å²) in [6, 6.07) is 15.2. The maximum atomic E-state index is 13.5. The van der Waals surface area contributed by atoms with Gasteiger partial charge in [0, 0.05) is 39.3 Å². The van der Waals surface area contributed by atoms with Crippen molar-refractivity contribution in [2.45, 2.75) is 50.5 Å². The summed E-state index contributed by atoms with van der Waals surface area (Å²) in [5.74, 6) is 0.990. The van der Waals surface area contributed by atoms with Gasteiger partial charge in [-0.15, -0.1) is 0 Å². The molecular formula is C30H41N3O4S. The number of hydrogen-bond donors (Lipinski definition) is 1. The molecule has 5 rings (SSSR count). The van der Waals surface area contributed by atoms with E-state index in [1.54, 1.807) is 16.4 Å².